The lowest BCUT2D eigenvalue weighted by atomic mass is 10.4. The van der Waals surface area contributed by atoms with Crippen LogP contribution in [0, 0.1) is 0 Å². The van der Waals surface area contributed by atoms with E-state index in [0.29, 0.717) is 28.1 Å². The molecule has 0 saturated heterocycles. The number of aromatic nitrogens is 2. The van der Waals surface area contributed by atoms with Crippen molar-refractivity contribution in [1.82, 2.24) is 10.1 Å². The number of hydrogen-bond donors (Lipinski definition) is 1. The summed E-state index contributed by atoms with van der Waals surface area (Å²) < 4.78 is 10.3. The van der Waals surface area contributed by atoms with Gasteiger partial charge in [-0.25, -0.2) is 4.79 Å². The molecule has 0 aliphatic carbocycles. The van der Waals surface area contributed by atoms with Crippen molar-refractivity contribution in [3.63, 3.8) is 0 Å². The van der Waals surface area contributed by atoms with Gasteiger partial charge < -0.3 is 14.0 Å². The lowest BCUT2D eigenvalue weighted by Crippen LogP contribution is -1.89. The largest absolute Gasteiger partial charge is 0.477 e. The minimum Gasteiger partial charge on any atom is -0.477 e. The Balaban J connectivity index is 1.65. The molecule has 0 bridgehead atoms. The molecule has 6 nitrogen and oxygen atoms in total. The maximum atomic E-state index is 10.8. The Morgan fingerprint density at radius 2 is 2.40 bits per heavy atom. The van der Waals surface area contributed by atoms with Crippen molar-refractivity contribution < 1.29 is 18.8 Å². The highest BCUT2D eigenvalue weighted by Crippen LogP contribution is 2.28. The zero-order chi connectivity index (χ0) is 13.9. The summed E-state index contributed by atoms with van der Waals surface area (Å²) >= 11 is 2.64. The molecule has 0 unspecified atom stereocenters. The average Bonchev–Trinajstić information content (AvgIpc) is 3.17. The third-order valence-corrected chi connectivity index (χ3v) is 4.39. The highest BCUT2D eigenvalue weighted by Gasteiger charge is 2.12. The fourth-order valence-electron chi connectivity index (χ4n) is 1.47. The van der Waals surface area contributed by atoms with Crippen molar-refractivity contribution in [3.05, 3.63) is 40.6 Å². The molecule has 3 aromatic heterocycles. The Labute approximate surface area is 121 Å². The first-order chi connectivity index (χ1) is 9.72. The summed E-state index contributed by atoms with van der Waals surface area (Å²) in [5, 5.41) is 14.5. The van der Waals surface area contributed by atoms with Crippen LogP contribution in [0.2, 0.25) is 0 Å². The molecule has 0 atom stereocenters. The lowest BCUT2D eigenvalue weighted by Gasteiger charge is -1.91. The van der Waals surface area contributed by atoms with Gasteiger partial charge in [0.2, 0.25) is 11.7 Å². The number of nitrogens with zero attached hydrogens (tertiary/aromatic N) is 2. The number of rotatable bonds is 5. The van der Waals surface area contributed by atoms with Crippen molar-refractivity contribution in [1.29, 1.82) is 0 Å². The molecule has 1 N–H and O–H groups in total. The summed E-state index contributed by atoms with van der Waals surface area (Å²) in [4.78, 5) is 16.2. The number of carbonyl (C=O) groups is 1. The van der Waals surface area contributed by atoms with Crippen LogP contribution >= 0.6 is 23.1 Å². The average molecular weight is 308 g/mol. The molecule has 0 aliphatic rings. The Morgan fingerprint density at radius 1 is 1.50 bits per heavy atom. The van der Waals surface area contributed by atoms with Gasteiger partial charge >= 0.3 is 5.97 Å². The van der Waals surface area contributed by atoms with E-state index >= 15 is 0 Å². The molecule has 20 heavy (non-hydrogen) atoms. The molecule has 3 rings (SSSR count). The minimum atomic E-state index is -0.917. The number of hydrogen-bond acceptors (Lipinski definition) is 7. The molecule has 0 aromatic carbocycles. The van der Waals surface area contributed by atoms with Crippen molar-refractivity contribution in [2.24, 2.45) is 0 Å². The van der Waals surface area contributed by atoms with E-state index in [1.54, 1.807) is 29.8 Å². The predicted molar refractivity (Wildman–Crippen MR) is 72.8 cm³/mol. The zero-order valence-electron chi connectivity index (χ0n) is 9.98. The molecule has 0 saturated carbocycles. The maximum Gasteiger partial charge on any atom is 0.345 e. The predicted octanol–water partition coefficient (Wildman–Crippen LogP) is 3.38. The third kappa shape index (κ3) is 2.75. The van der Waals surface area contributed by atoms with E-state index in [2.05, 4.69) is 10.1 Å². The van der Waals surface area contributed by atoms with Crippen molar-refractivity contribution in [3.8, 4) is 11.6 Å². The second-order valence-corrected chi connectivity index (χ2v) is 5.69. The Hall–Kier alpha value is -2.06. The summed E-state index contributed by atoms with van der Waals surface area (Å²) in [6.07, 6.45) is 1.54. The number of carboxylic acid groups (broad SMARTS) is 1. The van der Waals surface area contributed by atoms with Crippen LogP contribution in [0.5, 0.6) is 0 Å². The zero-order valence-corrected chi connectivity index (χ0v) is 11.6. The van der Waals surface area contributed by atoms with Gasteiger partial charge in [0.25, 0.3) is 0 Å². The molecule has 3 heterocycles. The van der Waals surface area contributed by atoms with Gasteiger partial charge in [-0.15, -0.1) is 23.1 Å². The first-order valence-corrected chi connectivity index (χ1v) is 7.40. The molecule has 0 radical (unpaired) electrons. The van der Waals surface area contributed by atoms with Crippen LogP contribution in [-0.4, -0.2) is 21.2 Å². The topological polar surface area (TPSA) is 89.4 Å². The number of carboxylic acids is 1. The van der Waals surface area contributed by atoms with Crippen LogP contribution in [-0.2, 0) is 5.75 Å². The minimum absolute atomic E-state index is 0.314. The van der Waals surface area contributed by atoms with Gasteiger partial charge in [-0.05, 0) is 18.2 Å². The second-order valence-electron chi connectivity index (χ2n) is 3.73. The van der Waals surface area contributed by atoms with Crippen LogP contribution in [0.4, 0.5) is 0 Å². The Bertz CT molecular complexity index is 717. The van der Waals surface area contributed by atoms with Gasteiger partial charge in [0.05, 0.1) is 12.0 Å². The Kier molecular flexibility index (Phi) is 3.57. The first kappa shape index (κ1) is 12.9. The monoisotopic (exact) mass is 308 g/mol. The molecule has 0 fully saturated rings. The summed E-state index contributed by atoms with van der Waals surface area (Å²) in [6.45, 7) is 0. The normalized spacial score (nSPS) is 10.8. The summed E-state index contributed by atoms with van der Waals surface area (Å²) in [5.41, 5.74) is 0. The molecular formula is C12H8N2O4S2. The van der Waals surface area contributed by atoms with Gasteiger partial charge in [0.1, 0.15) is 4.88 Å². The summed E-state index contributed by atoms with van der Waals surface area (Å²) in [7, 11) is 0. The molecule has 0 amide bonds. The van der Waals surface area contributed by atoms with Gasteiger partial charge in [-0.1, -0.05) is 5.16 Å². The van der Waals surface area contributed by atoms with E-state index in [0.717, 1.165) is 4.90 Å². The second kappa shape index (κ2) is 5.51. The smallest absolute Gasteiger partial charge is 0.345 e. The Morgan fingerprint density at radius 3 is 3.10 bits per heavy atom. The summed E-state index contributed by atoms with van der Waals surface area (Å²) in [5.74, 6) is 0.976. The van der Waals surface area contributed by atoms with E-state index in [9.17, 15) is 4.79 Å². The van der Waals surface area contributed by atoms with Gasteiger partial charge in [-0.2, -0.15) is 4.98 Å². The molecular weight excluding hydrogens is 300 g/mol. The van der Waals surface area contributed by atoms with Crippen molar-refractivity contribution >= 4 is 29.1 Å². The van der Waals surface area contributed by atoms with E-state index in [4.69, 9.17) is 14.0 Å². The van der Waals surface area contributed by atoms with Crippen LogP contribution < -0.4 is 0 Å². The molecule has 0 aliphatic heterocycles. The maximum absolute atomic E-state index is 10.8. The highest BCUT2D eigenvalue weighted by atomic mass is 32.2. The number of thiophene rings is 1. The van der Waals surface area contributed by atoms with Crippen LogP contribution in [0.15, 0.2) is 43.7 Å². The number of aromatic carboxylic acids is 1. The van der Waals surface area contributed by atoms with Gasteiger partial charge in [0, 0.05) is 10.3 Å². The van der Waals surface area contributed by atoms with Gasteiger partial charge in [0.15, 0.2) is 5.76 Å². The molecule has 0 spiro atoms. The van der Waals surface area contributed by atoms with E-state index in [1.807, 2.05) is 0 Å². The fraction of sp³-hybridized carbons (Fsp3) is 0.0833. The molecule has 102 valence electrons. The van der Waals surface area contributed by atoms with Crippen molar-refractivity contribution in [2.45, 2.75) is 10.6 Å². The SMILES string of the molecule is O=C(O)c1cc(SCc2nc(-c3ccco3)no2)cs1. The van der Waals surface area contributed by atoms with Crippen LogP contribution in [0.3, 0.4) is 0 Å². The van der Waals surface area contributed by atoms with E-state index in [-0.39, 0.29) is 0 Å². The first-order valence-electron chi connectivity index (χ1n) is 5.53. The van der Waals surface area contributed by atoms with Gasteiger partial charge in [-0.3, -0.25) is 0 Å². The van der Waals surface area contributed by atoms with E-state index < -0.39 is 5.97 Å². The molecule has 8 heteroatoms. The lowest BCUT2D eigenvalue weighted by molar-refractivity contribution is 0.0702. The van der Waals surface area contributed by atoms with E-state index in [1.165, 1.54) is 23.1 Å². The van der Waals surface area contributed by atoms with Crippen LogP contribution in [0.25, 0.3) is 11.6 Å². The number of thioether (sulfide) groups is 1. The summed E-state index contributed by atoms with van der Waals surface area (Å²) in [6, 6.07) is 5.13. The molecule has 3 aromatic rings. The standard InChI is InChI=1S/C12H8N2O4S2/c15-12(16)9-4-7(5-20-9)19-6-10-13-11(14-18-10)8-2-1-3-17-8/h1-5H,6H2,(H,15,16). The van der Waals surface area contributed by atoms with Crippen molar-refractivity contribution in [2.75, 3.05) is 0 Å². The fourth-order valence-corrected chi connectivity index (χ4v) is 3.18. The van der Waals surface area contributed by atoms with Crippen LogP contribution in [0.1, 0.15) is 15.6 Å². The number of furan rings is 1. The quantitative estimate of drug-likeness (QED) is 0.722. The third-order valence-electron chi connectivity index (χ3n) is 2.36. The highest BCUT2D eigenvalue weighted by molar-refractivity contribution is 7.98.